The molecule has 1 aliphatic rings. The summed E-state index contributed by atoms with van der Waals surface area (Å²) in [5.41, 5.74) is 3.24. The van der Waals surface area contributed by atoms with E-state index in [1.807, 2.05) is 30.0 Å². The molecule has 0 atom stereocenters. The maximum Gasteiger partial charge on any atom is 0.180 e. The van der Waals surface area contributed by atoms with Gasteiger partial charge in [-0.3, -0.25) is 4.98 Å². The highest BCUT2D eigenvalue weighted by Crippen LogP contribution is 2.22. The third kappa shape index (κ3) is 5.09. The number of aryl methyl sites for hydroxylation is 1. The van der Waals surface area contributed by atoms with Gasteiger partial charge in [-0.05, 0) is 29.9 Å². The molecule has 0 radical (unpaired) electrons. The van der Waals surface area contributed by atoms with Crippen LogP contribution >= 0.6 is 11.8 Å². The van der Waals surface area contributed by atoms with Crippen LogP contribution in [0.5, 0.6) is 0 Å². The predicted molar refractivity (Wildman–Crippen MR) is 115 cm³/mol. The Morgan fingerprint density at radius 2 is 1.79 bits per heavy atom. The number of benzene rings is 1. The SMILES string of the molecule is c1ccc(CCSCc2cc(N3CCOCC3)nc(-c3ccccn3)n2)cc1. The third-order valence-corrected chi connectivity index (χ3v) is 5.62. The first-order valence-electron chi connectivity index (χ1n) is 9.62. The van der Waals surface area contributed by atoms with Gasteiger partial charge in [0.2, 0.25) is 0 Å². The van der Waals surface area contributed by atoms with E-state index in [0.29, 0.717) is 5.82 Å². The smallest absolute Gasteiger partial charge is 0.180 e. The Bertz CT molecular complexity index is 870. The number of hydrogen-bond donors (Lipinski definition) is 0. The maximum absolute atomic E-state index is 5.49. The van der Waals surface area contributed by atoms with Gasteiger partial charge in [0.1, 0.15) is 11.5 Å². The summed E-state index contributed by atoms with van der Waals surface area (Å²) in [5.74, 6) is 3.60. The standard InChI is InChI=1S/C22H24N4OS/c1-2-6-18(7-3-1)9-15-28-17-19-16-21(26-11-13-27-14-12-26)25-22(24-19)20-8-4-5-10-23-20/h1-8,10,16H,9,11-15,17H2. The zero-order valence-corrected chi connectivity index (χ0v) is 16.6. The second kappa shape index (κ2) is 9.66. The van der Waals surface area contributed by atoms with Gasteiger partial charge < -0.3 is 9.64 Å². The van der Waals surface area contributed by atoms with Crippen molar-refractivity contribution in [2.24, 2.45) is 0 Å². The Balaban J connectivity index is 1.48. The first-order chi connectivity index (χ1) is 13.9. The van der Waals surface area contributed by atoms with Crippen LogP contribution in [-0.2, 0) is 16.9 Å². The van der Waals surface area contributed by atoms with Crippen molar-refractivity contribution in [3.8, 4) is 11.5 Å². The number of rotatable bonds is 7. The molecule has 1 fully saturated rings. The molecule has 0 spiro atoms. The van der Waals surface area contributed by atoms with Crippen LogP contribution in [0, 0.1) is 0 Å². The summed E-state index contributed by atoms with van der Waals surface area (Å²) in [6, 6.07) is 18.6. The van der Waals surface area contributed by atoms with Crippen LogP contribution in [0.4, 0.5) is 5.82 Å². The minimum atomic E-state index is 0.697. The second-order valence-electron chi connectivity index (χ2n) is 6.64. The lowest BCUT2D eigenvalue weighted by molar-refractivity contribution is 0.122. The summed E-state index contributed by atoms with van der Waals surface area (Å²) in [7, 11) is 0. The third-order valence-electron chi connectivity index (χ3n) is 4.62. The van der Waals surface area contributed by atoms with Crippen molar-refractivity contribution in [3.63, 3.8) is 0 Å². The molecular formula is C22H24N4OS. The Hall–Kier alpha value is -2.44. The number of morpholine rings is 1. The molecule has 4 rings (SSSR count). The molecule has 0 aliphatic carbocycles. The summed E-state index contributed by atoms with van der Waals surface area (Å²) < 4.78 is 5.49. The Labute approximate surface area is 170 Å². The molecule has 5 nitrogen and oxygen atoms in total. The highest BCUT2D eigenvalue weighted by Gasteiger charge is 2.16. The Morgan fingerprint density at radius 3 is 2.57 bits per heavy atom. The molecule has 1 aromatic carbocycles. The van der Waals surface area contributed by atoms with Gasteiger partial charge in [-0.2, -0.15) is 11.8 Å². The zero-order valence-electron chi connectivity index (χ0n) is 15.8. The summed E-state index contributed by atoms with van der Waals surface area (Å²) in [6.07, 6.45) is 2.86. The molecule has 144 valence electrons. The molecule has 1 saturated heterocycles. The van der Waals surface area contributed by atoms with Crippen LogP contribution < -0.4 is 4.90 Å². The van der Waals surface area contributed by atoms with Crippen molar-refractivity contribution in [1.82, 2.24) is 15.0 Å². The Morgan fingerprint density at radius 1 is 0.964 bits per heavy atom. The van der Waals surface area contributed by atoms with E-state index in [4.69, 9.17) is 14.7 Å². The van der Waals surface area contributed by atoms with Crippen LogP contribution in [0.25, 0.3) is 11.5 Å². The molecule has 0 N–H and O–H groups in total. The fourth-order valence-electron chi connectivity index (χ4n) is 3.13. The lowest BCUT2D eigenvalue weighted by atomic mass is 10.2. The number of thioether (sulfide) groups is 1. The fraction of sp³-hybridized carbons (Fsp3) is 0.318. The highest BCUT2D eigenvalue weighted by molar-refractivity contribution is 7.98. The molecule has 0 amide bonds. The number of anilines is 1. The van der Waals surface area contributed by atoms with Gasteiger partial charge in [-0.15, -0.1) is 0 Å². The van der Waals surface area contributed by atoms with E-state index in [9.17, 15) is 0 Å². The first kappa shape index (κ1) is 18.9. The predicted octanol–water partition coefficient (Wildman–Crippen LogP) is 3.85. The minimum Gasteiger partial charge on any atom is -0.378 e. The van der Waals surface area contributed by atoms with Gasteiger partial charge in [-0.1, -0.05) is 36.4 Å². The van der Waals surface area contributed by atoms with Crippen molar-refractivity contribution < 1.29 is 4.74 Å². The average molecular weight is 393 g/mol. The molecule has 0 unspecified atom stereocenters. The lowest BCUT2D eigenvalue weighted by Crippen LogP contribution is -2.37. The van der Waals surface area contributed by atoms with E-state index < -0.39 is 0 Å². The normalized spacial score (nSPS) is 14.2. The summed E-state index contributed by atoms with van der Waals surface area (Å²) in [5, 5.41) is 0. The lowest BCUT2D eigenvalue weighted by Gasteiger charge is -2.28. The van der Waals surface area contributed by atoms with E-state index >= 15 is 0 Å². The molecule has 0 saturated carbocycles. The van der Waals surface area contributed by atoms with Crippen molar-refractivity contribution in [2.45, 2.75) is 12.2 Å². The van der Waals surface area contributed by atoms with Crippen molar-refractivity contribution >= 4 is 17.6 Å². The molecule has 2 aromatic heterocycles. The average Bonchev–Trinajstić information content (AvgIpc) is 2.78. The monoisotopic (exact) mass is 392 g/mol. The summed E-state index contributed by atoms with van der Waals surface area (Å²) >= 11 is 1.91. The van der Waals surface area contributed by atoms with E-state index in [-0.39, 0.29) is 0 Å². The van der Waals surface area contributed by atoms with Crippen molar-refractivity contribution in [3.05, 3.63) is 72.1 Å². The van der Waals surface area contributed by atoms with Crippen LogP contribution in [0.2, 0.25) is 0 Å². The quantitative estimate of drug-likeness (QED) is 0.569. The summed E-state index contributed by atoms with van der Waals surface area (Å²) in [4.78, 5) is 16.3. The molecule has 1 aliphatic heterocycles. The van der Waals surface area contributed by atoms with Crippen molar-refractivity contribution in [1.29, 1.82) is 0 Å². The topological polar surface area (TPSA) is 51.1 Å². The van der Waals surface area contributed by atoms with Gasteiger partial charge in [-0.25, -0.2) is 9.97 Å². The number of hydrogen-bond acceptors (Lipinski definition) is 6. The second-order valence-corrected chi connectivity index (χ2v) is 7.75. The van der Waals surface area contributed by atoms with Gasteiger partial charge in [0.25, 0.3) is 0 Å². The molecule has 3 heterocycles. The number of pyridine rings is 1. The van der Waals surface area contributed by atoms with E-state index in [1.165, 1.54) is 5.56 Å². The maximum atomic E-state index is 5.49. The van der Waals surface area contributed by atoms with Crippen molar-refractivity contribution in [2.75, 3.05) is 37.0 Å². The highest BCUT2D eigenvalue weighted by atomic mass is 32.2. The fourth-order valence-corrected chi connectivity index (χ4v) is 4.01. The molecule has 6 heteroatoms. The first-order valence-corrected chi connectivity index (χ1v) is 10.8. The van der Waals surface area contributed by atoms with Crippen LogP contribution in [0.3, 0.4) is 0 Å². The van der Waals surface area contributed by atoms with Gasteiger partial charge >= 0.3 is 0 Å². The minimum absolute atomic E-state index is 0.697. The zero-order chi connectivity index (χ0) is 19.0. The number of ether oxygens (including phenoxy) is 1. The van der Waals surface area contributed by atoms with Gasteiger partial charge in [0, 0.05) is 31.1 Å². The van der Waals surface area contributed by atoms with E-state index in [0.717, 1.165) is 61.4 Å². The molecule has 28 heavy (non-hydrogen) atoms. The summed E-state index contributed by atoms with van der Waals surface area (Å²) in [6.45, 7) is 3.20. The van der Waals surface area contributed by atoms with E-state index in [1.54, 1.807) is 6.20 Å². The number of nitrogens with zero attached hydrogens (tertiary/aromatic N) is 4. The molecular weight excluding hydrogens is 368 g/mol. The molecule has 3 aromatic rings. The molecule has 0 bridgehead atoms. The van der Waals surface area contributed by atoms with Crippen LogP contribution in [0.15, 0.2) is 60.8 Å². The van der Waals surface area contributed by atoms with E-state index in [2.05, 4.69) is 46.3 Å². The largest absolute Gasteiger partial charge is 0.378 e. The van der Waals surface area contributed by atoms with Crippen LogP contribution in [-0.4, -0.2) is 47.0 Å². The Kier molecular flexibility index (Phi) is 6.52. The number of aromatic nitrogens is 3. The van der Waals surface area contributed by atoms with Gasteiger partial charge in [0.05, 0.1) is 18.9 Å². The van der Waals surface area contributed by atoms with Crippen LogP contribution in [0.1, 0.15) is 11.3 Å². The van der Waals surface area contributed by atoms with Gasteiger partial charge in [0.15, 0.2) is 5.82 Å².